The van der Waals surface area contributed by atoms with Crippen molar-refractivity contribution in [2.45, 2.75) is 38.4 Å². The Bertz CT molecular complexity index is 601. The van der Waals surface area contributed by atoms with Crippen molar-refractivity contribution in [1.29, 1.82) is 0 Å². The van der Waals surface area contributed by atoms with Crippen molar-refractivity contribution in [2.24, 2.45) is 5.73 Å². The van der Waals surface area contributed by atoms with Gasteiger partial charge in [0.1, 0.15) is 12.2 Å². The van der Waals surface area contributed by atoms with Gasteiger partial charge in [-0.15, -0.1) is 0 Å². The van der Waals surface area contributed by atoms with Crippen molar-refractivity contribution in [1.82, 2.24) is 9.55 Å². The number of hydrogen-bond acceptors (Lipinski definition) is 6. The van der Waals surface area contributed by atoms with Gasteiger partial charge >= 0.3 is 5.69 Å². The molecule has 4 N–H and O–H groups in total. The minimum Gasteiger partial charge on any atom is -0.388 e. The Labute approximate surface area is 116 Å². The molecule has 1 unspecified atom stereocenters. The van der Waals surface area contributed by atoms with E-state index < -0.39 is 35.8 Å². The molecule has 112 valence electrons. The van der Waals surface area contributed by atoms with Crippen LogP contribution in [-0.4, -0.2) is 46.1 Å². The van der Waals surface area contributed by atoms with E-state index in [2.05, 4.69) is 4.98 Å². The maximum absolute atomic E-state index is 11.9. The lowest BCUT2D eigenvalue weighted by Crippen LogP contribution is -2.40. The number of aliphatic hydroxyl groups is 1. The van der Waals surface area contributed by atoms with Crippen LogP contribution in [0.1, 0.15) is 20.1 Å². The van der Waals surface area contributed by atoms with Crippen LogP contribution < -0.4 is 17.0 Å². The first-order chi connectivity index (χ1) is 9.99. The number of aryl methyl sites for hydroxylation is 1. The van der Waals surface area contributed by atoms with E-state index in [1.807, 2.05) is 0 Å². The third kappa shape index (κ3) is 2.68. The SMILES string of the molecule is [2H]C[C@H]1O[C@@H](n2cc(C)c(=O)[nH]c2=O)[C@@H](OCCN)C1O. The average molecular weight is 286 g/mol. The first-order valence-electron chi connectivity index (χ1n) is 6.96. The fraction of sp³-hybridized carbons (Fsp3) is 0.667. The van der Waals surface area contributed by atoms with Gasteiger partial charge in [0.05, 0.1) is 12.7 Å². The lowest BCUT2D eigenvalue weighted by molar-refractivity contribution is -0.0673. The van der Waals surface area contributed by atoms with E-state index in [0.717, 1.165) is 4.57 Å². The smallest absolute Gasteiger partial charge is 0.330 e. The minimum atomic E-state index is -1.04. The van der Waals surface area contributed by atoms with Crippen molar-refractivity contribution in [2.75, 3.05) is 13.2 Å². The Balaban J connectivity index is 2.37. The number of H-pyrrole nitrogens is 1. The molecule has 0 aromatic carbocycles. The summed E-state index contributed by atoms with van der Waals surface area (Å²) < 4.78 is 19.5. The first-order valence-corrected chi connectivity index (χ1v) is 6.26. The topological polar surface area (TPSA) is 120 Å². The summed E-state index contributed by atoms with van der Waals surface area (Å²) in [5.74, 6) is 0. The molecular weight excluding hydrogens is 266 g/mol. The van der Waals surface area contributed by atoms with Gasteiger partial charge in [0.2, 0.25) is 0 Å². The first kappa shape index (κ1) is 13.5. The Morgan fingerprint density at radius 3 is 3.05 bits per heavy atom. The lowest BCUT2D eigenvalue weighted by atomic mass is 10.1. The predicted octanol–water partition coefficient (Wildman–Crippen LogP) is -1.53. The number of nitrogens with zero attached hydrogens (tertiary/aromatic N) is 1. The average Bonchev–Trinajstić information content (AvgIpc) is 2.77. The molecule has 0 bridgehead atoms. The maximum Gasteiger partial charge on any atom is 0.330 e. The van der Waals surface area contributed by atoms with Gasteiger partial charge in [-0.05, 0) is 13.8 Å². The fourth-order valence-corrected chi connectivity index (χ4v) is 2.10. The molecule has 2 heterocycles. The molecule has 0 saturated carbocycles. The number of aromatic nitrogens is 2. The Morgan fingerprint density at radius 2 is 2.40 bits per heavy atom. The van der Waals surface area contributed by atoms with Gasteiger partial charge in [0.25, 0.3) is 5.56 Å². The summed E-state index contributed by atoms with van der Waals surface area (Å²) in [6.07, 6.45) is -2.20. The van der Waals surface area contributed by atoms with E-state index in [4.69, 9.17) is 16.6 Å². The summed E-state index contributed by atoms with van der Waals surface area (Å²) in [5, 5.41) is 10.1. The molecule has 8 heteroatoms. The van der Waals surface area contributed by atoms with Crippen molar-refractivity contribution in [3.8, 4) is 0 Å². The highest BCUT2D eigenvalue weighted by atomic mass is 16.6. The van der Waals surface area contributed by atoms with Gasteiger partial charge in [0.15, 0.2) is 6.23 Å². The van der Waals surface area contributed by atoms with E-state index in [0.29, 0.717) is 5.56 Å². The standard InChI is InChI=1S/C12H19N3O5/c1-6-5-15(12(18)14-10(6)17)11-9(19-4-3-13)8(16)7(2)20-11/h5,7-9,11,16H,3-4,13H2,1-2H3,(H,14,17,18)/t7-,8?,9+,11-/m1/s1/i2D. The molecule has 1 saturated heterocycles. The van der Waals surface area contributed by atoms with Crippen LogP contribution in [0.15, 0.2) is 15.8 Å². The molecule has 0 amide bonds. The number of aromatic amines is 1. The van der Waals surface area contributed by atoms with Crippen LogP contribution >= 0.6 is 0 Å². The summed E-state index contributed by atoms with van der Waals surface area (Å²) in [7, 11) is 0. The van der Waals surface area contributed by atoms with Crippen LogP contribution in [0.3, 0.4) is 0 Å². The lowest BCUT2D eigenvalue weighted by Gasteiger charge is -2.22. The van der Waals surface area contributed by atoms with Crippen molar-refractivity contribution >= 4 is 0 Å². The highest BCUT2D eigenvalue weighted by Gasteiger charge is 2.43. The summed E-state index contributed by atoms with van der Waals surface area (Å²) in [6, 6.07) is 0. The predicted molar refractivity (Wildman–Crippen MR) is 70.4 cm³/mol. The Hall–Kier alpha value is -1.48. The van der Waals surface area contributed by atoms with Gasteiger partial charge in [-0.25, -0.2) is 4.79 Å². The van der Waals surface area contributed by atoms with Crippen LogP contribution in [-0.2, 0) is 9.47 Å². The Kier molecular flexibility index (Phi) is 3.97. The second kappa shape index (κ2) is 5.88. The second-order valence-electron chi connectivity index (χ2n) is 4.66. The zero-order chi connectivity index (χ0) is 15.6. The monoisotopic (exact) mass is 286 g/mol. The van der Waals surface area contributed by atoms with E-state index in [9.17, 15) is 14.7 Å². The van der Waals surface area contributed by atoms with Crippen LogP contribution in [0, 0.1) is 6.92 Å². The molecule has 1 aromatic heterocycles. The van der Waals surface area contributed by atoms with Crippen molar-refractivity contribution in [3.63, 3.8) is 0 Å². The molecule has 0 aliphatic carbocycles. The molecule has 4 atom stereocenters. The molecule has 2 rings (SSSR count). The minimum absolute atomic E-state index is 0.169. The fourth-order valence-electron chi connectivity index (χ4n) is 2.10. The number of nitrogens with two attached hydrogens (primary N) is 1. The second-order valence-corrected chi connectivity index (χ2v) is 4.66. The molecule has 1 fully saturated rings. The van der Waals surface area contributed by atoms with Crippen LogP contribution in [0.5, 0.6) is 0 Å². The van der Waals surface area contributed by atoms with Crippen LogP contribution in [0.2, 0.25) is 0 Å². The van der Waals surface area contributed by atoms with Gasteiger partial charge in [-0.1, -0.05) is 0 Å². The number of aliphatic hydroxyl groups excluding tert-OH is 1. The summed E-state index contributed by atoms with van der Waals surface area (Å²) in [5.41, 5.74) is 4.57. The highest BCUT2D eigenvalue weighted by Crippen LogP contribution is 2.30. The van der Waals surface area contributed by atoms with E-state index in [1.165, 1.54) is 6.20 Å². The molecule has 1 aliphatic rings. The molecule has 8 nitrogen and oxygen atoms in total. The van der Waals surface area contributed by atoms with Crippen LogP contribution in [0.25, 0.3) is 0 Å². The third-order valence-corrected chi connectivity index (χ3v) is 3.16. The number of nitrogens with one attached hydrogen (secondary N) is 1. The quantitative estimate of drug-likeness (QED) is 0.617. The molecule has 0 spiro atoms. The molecule has 1 aliphatic heterocycles. The van der Waals surface area contributed by atoms with Gasteiger partial charge in [0, 0.05) is 19.7 Å². The summed E-state index contributed by atoms with van der Waals surface area (Å²) >= 11 is 0. The number of hydrogen-bond donors (Lipinski definition) is 3. The van der Waals surface area contributed by atoms with Crippen molar-refractivity contribution < 1.29 is 16.0 Å². The molecule has 0 radical (unpaired) electrons. The van der Waals surface area contributed by atoms with Gasteiger partial charge in [-0.3, -0.25) is 14.3 Å². The van der Waals surface area contributed by atoms with Gasteiger partial charge in [-0.2, -0.15) is 0 Å². The number of rotatable bonds is 4. The zero-order valence-corrected chi connectivity index (χ0v) is 11.1. The van der Waals surface area contributed by atoms with Crippen LogP contribution in [0.4, 0.5) is 0 Å². The van der Waals surface area contributed by atoms with Crippen molar-refractivity contribution in [3.05, 3.63) is 32.6 Å². The third-order valence-electron chi connectivity index (χ3n) is 3.16. The molecule has 1 aromatic rings. The van der Waals surface area contributed by atoms with E-state index in [1.54, 1.807) is 6.92 Å². The summed E-state index contributed by atoms with van der Waals surface area (Å²) in [6.45, 7) is 1.82. The zero-order valence-electron chi connectivity index (χ0n) is 12.1. The summed E-state index contributed by atoms with van der Waals surface area (Å²) in [4.78, 5) is 25.5. The molecular formula is C12H19N3O5. The number of ether oxygens (including phenoxy) is 2. The van der Waals surface area contributed by atoms with E-state index >= 15 is 0 Å². The Morgan fingerprint density at radius 1 is 1.65 bits per heavy atom. The van der Waals surface area contributed by atoms with E-state index in [-0.39, 0.29) is 20.1 Å². The van der Waals surface area contributed by atoms with Gasteiger partial charge < -0.3 is 20.3 Å². The maximum atomic E-state index is 11.9. The largest absolute Gasteiger partial charge is 0.388 e. The highest BCUT2D eigenvalue weighted by molar-refractivity contribution is 5.03. The normalized spacial score (nSPS) is 30.4. The molecule has 20 heavy (non-hydrogen) atoms.